The minimum absolute atomic E-state index is 0.0345. The molecule has 2 amide bonds. The molecule has 0 aromatic heterocycles. The zero-order valence-electron chi connectivity index (χ0n) is 13.7. The summed E-state index contributed by atoms with van der Waals surface area (Å²) in [4.78, 5) is 14.6. The molecular formula is C17H26N2O2S. The Kier molecular flexibility index (Phi) is 6.00. The fraction of sp³-hybridized carbons (Fsp3) is 0.588. The maximum atomic E-state index is 12.7. The van der Waals surface area contributed by atoms with Crippen LogP contribution >= 0.6 is 0 Å². The molecule has 4 nitrogen and oxygen atoms in total. The van der Waals surface area contributed by atoms with Crippen LogP contribution in [0.5, 0.6) is 0 Å². The minimum atomic E-state index is -0.926. The zero-order valence-corrected chi connectivity index (χ0v) is 14.5. The van der Waals surface area contributed by atoms with E-state index in [1.54, 1.807) is 6.26 Å². The lowest BCUT2D eigenvalue weighted by Gasteiger charge is -2.38. The first kappa shape index (κ1) is 17.0. The maximum Gasteiger partial charge on any atom is 0.322 e. The van der Waals surface area contributed by atoms with Crippen LogP contribution in [0.15, 0.2) is 24.3 Å². The van der Waals surface area contributed by atoms with Crippen LogP contribution in [0.4, 0.5) is 10.5 Å². The van der Waals surface area contributed by atoms with Crippen molar-refractivity contribution < 1.29 is 9.00 Å². The van der Waals surface area contributed by atoms with E-state index in [4.69, 9.17) is 0 Å². The standard InChI is InChI=1S/C17H26N2O2S/c1-13(2)16-10-6-7-11-19(16)17(20)18-15-9-5-4-8-14(15)12-22(3)21/h4-5,8-9,13,16H,6-7,10-12H2,1-3H3,(H,18,20)/t16-,22+/m1/s1. The van der Waals surface area contributed by atoms with E-state index >= 15 is 0 Å². The maximum absolute atomic E-state index is 12.7. The normalized spacial score (nSPS) is 20.0. The van der Waals surface area contributed by atoms with Crippen LogP contribution in [-0.4, -0.2) is 34.0 Å². The molecule has 1 aromatic carbocycles. The summed E-state index contributed by atoms with van der Waals surface area (Å²) >= 11 is 0. The minimum Gasteiger partial charge on any atom is -0.321 e. The molecule has 0 radical (unpaired) electrons. The van der Waals surface area contributed by atoms with Crippen molar-refractivity contribution in [2.75, 3.05) is 18.1 Å². The summed E-state index contributed by atoms with van der Waals surface area (Å²) in [6.45, 7) is 5.16. The van der Waals surface area contributed by atoms with Gasteiger partial charge in [-0.2, -0.15) is 0 Å². The van der Waals surface area contributed by atoms with Crippen molar-refractivity contribution >= 4 is 22.5 Å². The Hall–Kier alpha value is -1.36. The number of carbonyl (C=O) groups is 1. The number of amides is 2. The van der Waals surface area contributed by atoms with Crippen LogP contribution in [0, 0.1) is 5.92 Å². The Morgan fingerprint density at radius 3 is 2.77 bits per heavy atom. The van der Waals surface area contributed by atoms with Crippen molar-refractivity contribution in [3.05, 3.63) is 29.8 Å². The van der Waals surface area contributed by atoms with E-state index in [1.165, 1.54) is 6.42 Å². The highest BCUT2D eigenvalue weighted by Gasteiger charge is 2.29. The smallest absolute Gasteiger partial charge is 0.321 e. The van der Waals surface area contributed by atoms with Gasteiger partial charge in [-0.15, -0.1) is 0 Å². The van der Waals surface area contributed by atoms with Crippen molar-refractivity contribution in [3.8, 4) is 0 Å². The number of likely N-dealkylation sites (tertiary alicyclic amines) is 1. The van der Waals surface area contributed by atoms with Crippen molar-refractivity contribution in [1.29, 1.82) is 0 Å². The average molecular weight is 322 g/mol. The second-order valence-corrected chi connectivity index (χ2v) is 7.74. The zero-order chi connectivity index (χ0) is 16.1. The first-order chi connectivity index (χ1) is 10.5. The molecule has 1 heterocycles. The van der Waals surface area contributed by atoms with E-state index in [2.05, 4.69) is 19.2 Å². The van der Waals surface area contributed by atoms with Crippen LogP contribution in [0.2, 0.25) is 0 Å². The molecule has 5 heteroatoms. The monoisotopic (exact) mass is 322 g/mol. The van der Waals surface area contributed by atoms with Crippen molar-refractivity contribution in [1.82, 2.24) is 4.90 Å². The molecule has 1 aromatic rings. The predicted octanol–water partition coefficient (Wildman–Crippen LogP) is 3.61. The van der Waals surface area contributed by atoms with E-state index in [9.17, 15) is 9.00 Å². The molecule has 1 aliphatic heterocycles. The number of hydrogen-bond acceptors (Lipinski definition) is 2. The quantitative estimate of drug-likeness (QED) is 0.920. The number of carbonyl (C=O) groups excluding carboxylic acids is 1. The highest BCUT2D eigenvalue weighted by molar-refractivity contribution is 7.83. The van der Waals surface area contributed by atoms with Crippen LogP contribution in [0.25, 0.3) is 0 Å². The van der Waals surface area contributed by atoms with Gasteiger partial charge >= 0.3 is 6.03 Å². The van der Waals surface area contributed by atoms with Crippen LogP contribution in [-0.2, 0) is 16.6 Å². The molecule has 0 spiro atoms. The second-order valence-electron chi connectivity index (χ2n) is 6.31. The Bertz CT molecular complexity index is 545. The van der Waals surface area contributed by atoms with E-state index < -0.39 is 10.8 Å². The van der Waals surface area contributed by atoms with Gasteiger partial charge in [0.05, 0.1) is 5.75 Å². The summed E-state index contributed by atoms with van der Waals surface area (Å²) in [6.07, 6.45) is 5.01. The van der Waals surface area contributed by atoms with Gasteiger partial charge < -0.3 is 10.2 Å². The highest BCUT2D eigenvalue weighted by Crippen LogP contribution is 2.25. The Balaban J connectivity index is 2.12. The van der Waals surface area contributed by atoms with E-state index in [-0.39, 0.29) is 6.03 Å². The first-order valence-corrected chi connectivity index (χ1v) is 9.67. The fourth-order valence-electron chi connectivity index (χ4n) is 3.08. The number of nitrogens with zero attached hydrogens (tertiary/aromatic N) is 1. The number of nitrogens with one attached hydrogen (secondary N) is 1. The lowest BCUT2D eigenvalue weighted by atomic mass is 9.93. The number of anilines is 1. The average Bonchev–Trinajstić information content (AvgIpc) is 2.48. The third kappa shape index (κ3) is 4.32. The molecule has 0 aliphatic carbocycles. The van der Waals surface area contributed by atoms with Crippen molar-refractivity contribution in [2.45, 2.75) is 44.9 Å². The predicted molar refractivity (Wildman–Crippen MR) is 92.4 cm³/mol. The Morgan fingerprint density at radius 1 is 1.36 bits per heavy atom. The van der Waals surface area contributed by atoms with Gasteiger partial charge in [0.1, 0.15) is 0 Å². The third-order valence-electron chi connectivity index (χ3n) is 4.20. The Morgan fingerprint density at radius 2 is 2.09 bits per heavy atom. The lowest BCUT2D eigenvalue weighted by Crippen LogP contribution is -2.48. The van der Waals surface area contributed by atoms with Crippen molar-refractivity contribution in [3.63, 3.8) is 0 Å². The summed E-state index contributed by atoms with van der Waals surface area (Å²) in [5, 5.41) is 3.02. The van der Waals surface area contributed by atoms with Crippen LogP contribution < -0.4 is 5.32 Å². The molecule has 1 saturated heterocycles. The summed E-state index contributed by atoms with van der Waals surface area (Å²) in [5.74, 6) is 0.925. The number of rotatable bonds is 4. The fourth-order valence-corrected chi connectivity index (χ4v) is 3.77. The van der Waals surface area contributed by atoms with Gasteiger partial charge in [0.25, 0.3) is 0 Å². The lowest BCUT2D eigenvalue weighted by molar-refractivity contribution is 0.138. The Labute approximate surface area is 135 Å². The number of urea groups is 1. The molecule has 0 unspecified atom stereocenters. The van der Waals surface area contributed by atoms with Gasteiger partial charge in [-0.05, 0) is 36.8 Å². The second kappa shape index (κ2) is 7.77. The van der Waals surface area contributed by atoms with Gasteiger partial charge in [0, 0.05) is 35.3 Å². The van der Waals surface area contributed by atoms with Crippen LogP contribution in [0.3, 0.4) is 0 Å². The topological polar surface area (TPSA) is 49.4 Å². The molecule has 1 aliphatic rings. The molecule has 2 rings (SSSR count). The summed E-state index contributed by atoms with van der Waals surface area (Å²) in [5.41, 5.74) is 1.70. The molecule has 1 N–H and O–H groups in total. The largest absolute Gasteiger partial charge is 0.322 e. The number of benzene rings is 1. The van der Waals surface area contributed by atoms with Gasteiger partial charge in [0.2, 0.25) is 0 Å². The molecule has 1 fully saturated rings. The van der Waals surface area contributed by atoms with Crippen molar-refractivity contribution in [2.24, 2.45) is 5.92 Å². The van der Waals surface area contributed by atoms with E-state index in [0.29, 0.717) is 17.7 Å². The summed E-state index contributed by atoms with van der Waals surface area (Å²) < 4.78 is 11.5. The SMILES string of the molecule is CC(C)[C@H]1CCCCN1C(=O)Nc1ccccc1C[S@](C)=O. The molecule has 0 bridgehead atoms. The van der Waals surface area contributed by atoms with E-state index in [1.807, 2.05) is 29.2 Å². The molecule has 2 atom stereocenters. The van der Waals surface area contributed by atoms with Gasteiger partial charge in [-0.25, -0.2) is 4.79 Å². The van der Waals surface area contributed by atoms with Crippen LogP contribution in [0.1, 0.15) is 38.7 Å². The summed E-state index contributed by atoms with van der Waals surface area (Å²) in [6, 6.07) is 7.89. The molecule has 0 saturated carbocycles. The molecule has 22 heavy (non-hydrogen) atoms. The first-order valence-electron chi connectivity index (χ1n) is 7.94. The number of hydrogen-bond donors (Lipinski definition) is 1. The number of para-hydroxylation sites is 1. The molecule has 122 valence electrons. The third-order valence-corrected chi connectivity index (χ3v) is 4.91. The van der Waals surface area contributed by atoms with Gasteiger partial charge in [-0.1, -0.05) is 32.0 Å². The number of piperidine rings is 1. The molecular weight excluding hydrogens is 296 g/mol. The van der Waals surface area contributed by atoms with E-state index in [0.717, 1.165) is 30.6 Å². The van der Waals surface area contributed by atoms with Gasteiger partial charge in [-0.3, -0.25) is 4.21 Å². The summed E-state index contributed by atoms with van der Waals surface area (Å²) in [7, 11) is -0.926. The highest BCUT2D eigenvalue weighted by atomic mass is 32.2. The van der Waals surface area contributed by atoms with Gasteiger partial charge in [0.15, 0.2) is 0 Å².